The van der Waals surface area contributed by atoms with Gasteiger partial charge in [0, 0.05) is 38.8 Å². The molecule has 0 spiro atoms. The van der Waals surface area contributed by atoms with E-state index in [-0.39, 0.29) is 32.3 Å². The molecule has 0 heterocycles. The second kappa shape index (κ2) is 33.1. The lowest BCUT2D eigenvalue weighted by Crippen LogP contribution is -2.38. The number of rotatable bonds is 20. The van der Waals surface area contributed by atoms with Crippen LogP contribution in [0.1, 0.15) is 296 Å². The Hall–Kier alpha value is -0.490. The van der Waals surface area contributed by atoms with Gasteiger partial charge in [-0.15, -0.1) is 0 Å². The standard InChI is InChI=1S/C19H36O2.C18H34O2.C16H30.C15H26O.C4H10/c1-14-5-4-11-19(3)17(14)8-9-18(19)15(2)6-7-16(13-21)10-12-20;1-13-5-4-10-18(3)16(13)8-9-17(18)14(2)6-7-15(11-19)12-20;1-5-7-12(2)14-9-10-15-13(3)8-6-11-16(14,15)4;1-11-5-4-9-15(3)13(11)6-7-14(15)12(2)8-10-16;1-3-4-2/h14-18,20-21H,4-13H2,1-3H3;13-17,19-20H,4-12H2,1-3H3;12-15H,5-11H2,1-4H3;10-14H,4-9H2,1-3H3;3-4H2,1-2H3/t14-,15?,16?,17?,18+,19-;13-,14?,16?,17+,18-;12?,13-,14+,15?,16+;11-,12?,13?,14+,15-;/m0000./s1. The van der Waals surface area contributed by atoms with Crippen LogP contribution in [0.2, 0.25) is 0 Å². The normalized spacial score (nSPS) is 39.9. The number of fused-ring (bicyclic) bond motifs is 4. The summed E-state index contributed by atoms with van der Waals surface area (Å²) < 4.78 is 0. The van der Waals surface area contributed by atoms with Crippen LogP contribution in [0.4, 0.5) is 0 Å². The highest BCUT2D eigenvalue weighted by atomic mass is 16.3. The van der Waals surface area contributed by atoms with Crippen molar-refractivity contribution in [2.24, 2.45) is 128 Å². The van der Waals surface area contributed by atoms with E-state index in [2.05, 4.69) is 104 Å². The molecule has 8 saturated carbocycles. The van der Waals surface area contributed by atoms with Crippen molar-refractivity contribution in [1.29, 1.82) is 0 Å². The minimum absolute atomic E-state index is 0.0905. The number of unbranched alkanes of at least 4 members (excludes halogenated alkanes) is 1. The minimum atomic E-state index is 0.0905. The van der Waals surface area contributed by atoms with Gasteiger partial charge in [0.25, 0.3) is 0 Å². The van der Waals surface area contributed by atoms with Gasteiger partial charge in [0.05, 0.1) is 0 Å². The summed E-state index contributed by atoms with van der Waals surface area (Å²) in [6, 6.07) is 0. The number of aldehydes is 1. The van der Waals surface area contributed by atoms with Crippen molar-refractivity contribution in [3.63, 3.8) is 0 Å². The predicted molar refractivity (Wildman–Crippen MR) is 331 cm³/mol. The molecule has 5 nitrogen and oxygen atoms in total. The maximum Gasteiger partial charge on any atom is 0.120 e. The molecule has 8 aliphatic carbocycles. The zero-order chi connectivity index (χ0) is 57.1. The molecule has 8 rings (SSSR count). The first-order chi connectivity index (χ1) is 36.6. The third-order valence-electron chi connectivity index (χ3n) is 26.0. The molecule has 454 valence electrons. The average Bonchev–Trinajstić information content (AvgIpc) is 4.17. The molecule has 4 N–H and O–H groups in total. The molecule has 8 aliphatic rings. The summed E-state index contributed by atoms with van der Waals surface area (Å²) in [5.41, 5.74) is 2.38. The lowest BCUT2D eigenvalue weighted by molar-refractivity contribution is -0.109. The fourth-order valence-corrected chi connectivity index (χ4v) is 21.3. The molecule has 21 atom stereocenters. The molecule has 0 aromatic rings. The van der Waals surface area contributed by atoms with Gasteiger partial charge in [0.15, 0.2) is 0 Å². The zero-order valence-electron chi connectivity index (χ0n) is 54.2. The van der Waals surface area contributed by atoms with Crippen LogP contribution in [0.5, 0.6) is 0 Å². The highest BCUT2D eigenvalue weighted by molar-refractivity contribution is 5.49. The Labute approximate surface area is 480 Å². The lowest BCUT2D eigenvalue weighted by Gasteiger charge is -2.46. The molecule has 0 aliphatic heterocycles. The van der Waals surface area contributed by atoms with Crippen molar-refractivity contribution < 1.29 is 25.2 Å². The molecule has 0 aromatic carbocycles. The van der Waals surface area contributed by atoms with E-state index in [9.17, 15) is 20.1 Å². The van der Waals surface area contributed by atoms with Gasteiger partial charge in [-0.2, -0.15) is 0 Å². The van der Waals surface area contributed by atoms with Gasteiger partial charge >= 0.3 is 0 Å². The summed E-state index contributed by atoms with van der Waals surface area (Å²) in [7, 11) is 0. The molecular formula is C72H136O5. The molecule has 5 heteroatoms. The molecule has 8 fully saturated rings. The van der Waals surface area contributed by atoms with Crippen LogP contribution in [-0.4, -0.2) is 53.1 Å². The molecule has 9 unspecified atom stereocenters. The Morgan fingerprint density at radius 1 is 0.390 bits per heavy atom. The van der Waals surface area contributed by atoms with Crippen molar-refractivity contribution >= 4 is 6.29 Å². The van der Waals surface area contributed by atoms with Gasteiger partial charge in [0.2, 0.25) is 0 Å². The second-order valence-corrected chi connectivity index (χ2v) is 30.7. The maximum absolute atomic E-state index is 10.7. The Morgan fingerprint density at radius 2 is 0.688 bits per heavy atom. The molecule has 0 radical (unpaired) electrons. The number of carbonyl (C=O) groups is 1. The van der Waals surface area contributed by atoms with E-state index in [1.807, 2.05) is 0 Å². The maximum atomic E-state index is 10.7. The number of aliphatic hydroxyl groups is 4. The van der Waals surface area contributed by atoms with Crippen molar-refractivity contribution in [3.05, 3.63) is 0 Å². The van der Waals surface area contributed by atoms with Crippen LogP contribution in [0.15, 0.2) is 0 Å². The predicted octanol–water partition coefficient (Wildman–Crippen LogP) is 19.2. The molecule has 0 saturated heterocycles. The van der Waals surface area contributed by atoms with Gasteiger partial charge in [0.1, 0.15) is 6.29 Å². The average molecular weight is 1080 g/mol. The first-order valence-electron chi connectivity index (χ1n) is 34.5. The second-order valence-electron chi connectivity index (χ2n) is 30.7. The highest BCUT2D eigenvalue weighted by Crippen LogP contribution is 2.63. The quantitative estimate of drug-likeness (QED) is 0.0911. The van der Waals surface area contributed by atoms with Crippen LogP contribution in [-0.2, 0) is 4.79 Å². The van der Waals surface area contributed by atoms with E-state index in [0.29, 0.717) is 33.5 Å². The van der Waals surface area contributed by atoms with Gasteiger partial charge in [-0.05, 0) is 225 Å². The van der Waals surface area contributed by atoms with Gasteiger partial charge in [-0.25, -0.2) is 0 Å². The first kappa shape index (κ1) is 69.0. The van der Waals surface area contributed by atoms with Gasteiger partial charge in [-0.3, -0.25) is 0 Å². The monoisotopic (exact) mass is 1080 g/mol. The number of hydrogen-bond acceptors (Lipinski definition) is 5. The van der Waals surface area contributed by atoms with E-state index in [1.54, 1.807) is 0 Å². The van der Waals surface area contributed by atoms with Crippen LogP contribution < -0.4 is 0 Å². The highest BCUT2D eigenvalue weighted by Gasteiger charge is 2.54. The van der Waals surface area contributed by atoms with Crippen molar-refractivity contribution in [1.82, 2.24) is 0 Å². The summed E-state index contributed by atoms with van der Waals surface area (Å²) in [4.78, 5) is 10.7. The fraction of sp³-hybridized carbons (Fsp3) is 0.986. The Bertz CT molecular complexity index is 1590. The summed E-state index contributed by atoms with van der Waals surface area (Å²) >= 11 is 0. The van der Waals surface area contributed by atoms with Crippen molar-refractivity contribution in [2.45, 2.75) is 296 Å². The van der Waals surface area contributed by atoms with Crippen LogP contribution in [0.3, 0.4) is 0 Å². The molecule has 77 heavy (non-hydrogen) atoms. The van der Waals surface area contributed by atoms with Crippen molar-refractivity contribution in [2.75, 3.05) is 26.4 Å². The number of carbonyl (C=O) groups excluding carboxylic acids is 1. The van der Waals surface area contributed by atoms with E-state index in [0.717, 1.165) is 127 Å². The third-order valence-corrected chi connectivity index (χ3v) is 26.0. The summed E-state index contributed by atoms with van der Waals surface area (Å²) in [5, 5.41) is 36.9. The summed E-state index contributed by atoms with van der Waals surface area (Å²) in [6.07, 6.45) is 41.3. The van der Waals surface area contributed by atoms with Crippen LogP contribution in [0, 0.1) is 128 Å². The SMILES string of the molecule is CC(CC=O)[C@H]1CCC2[C@@H](C)CCC[C@@]21C.CC(CCC(CO)CCO)[C@H]1CCC2[C@@H](C)CCC[C@@]21C.CC(CCC(CO)CO)[C@H]1CCC2[C@@H](C)CCC[C@@]21C.CCCC.CCCC(C)[C@H]1CCC2[C@@H](C)CCC[C@@]21C. The van der Waals surface area contributed by atoms with E-state index < -0.39 is 0 Å². The minimum Gasteiger partial charge on any atom is -0.396 e. The number of hydrogen-bond donors (Lipinski definition) is 4. The summed E-state index contributed by atoms with van der Waals surface area (Å²) in [6.45, 7) is 37.2. The van der Waals surface area contributed by atoms with Gasteiger partial charge in [-0.1, -0.05) is 187 Å². The van der Waals surface area contributed by atoms with Crippen LogP contribution in [0.25, 0.3) is 0 Å². The van der Waals surface area contributed by atoms with Crippen molar-refractivity contribution in [3.8, 4) is 0 Å². The fourth-order valence-electron chi connectivity index (χ4n) is 21.3. The topological polar surface area (TPSA) is 98.0 Å². The number of aliphatic hydroxyl groups excluding tert-OH is 4. The molecule has 0 bridgehead atoms. The van der Waals surface area contributed by atoms with Gasteiger partial charge < -0.3 is 25.2 Å². The molecule has 0 aromatic heterocycles. The summed E-state index contributed by atoms with van der Waals surface area (Å²) in [5.74, 6) is 14.6. The lowest BCUT2D eigenvalue weighted by atomic mass is 9.59. The van der Waals surface area contributed by atoms with E-state index in [1.165, 1.54) is 161 Å². The first-order valence-corrected chi connectivity index (χ1v) is 34.5. The third kappa shape index (κ3) is 17.3. The Morgan fingerprint density at radius 3 is 0.961 bits per heavy atom. The van der Waals surface area contributed by atoms with E-state index >= 15 is 0 Å². The van der Waals surface area contributed by atoms with Crippen LogP contribution >= 0.6 is 0 Å². The molecule has 0 amide bonds. The Balaban J connectivity index is 0.000000218. The largest absolute Gasteiger partial charge is 0.396 e. The molecular weight excluding hydrogens is 945 g/mol. The smallest absolute Gasteiger partial charge is 0.120 e. The zero-order valence-corrected chi connectivity index (χ0v) is 54.2. The Kier molecular flexibility index (Phi) is 29.7. The van der Waals surface area contributed by atoms with E-state index in [4.69, 9.17) is 5.11 Å².